The topological polar surface area (TPSA) is 103 Å². The molecule has 0 saturated heterocycles. The number of nitrogens with one attached hydrogen (secondary N) is 2. The molecule has 8 nitrogen and oxygen atoms in total. The number of imidazole rings is 1. The number of nitrogens with zero attached hydrogens (tertiary/aromatic N) is 1. The summed E-state index contributed by atoms with van der Waals surface area (Å²) in [4.78, 5) is 36.0. The standard InChI is InChI=1S/C43H61N3O5S/c1-6-10-11-12-13-14-15-16-17-18-19-20-21-25-32-26-24-29-36(49-7-2)38(32)40-37(41(47)50-8-3)31(5)44-35(39(40)42(48)51-9-4)30-52-43-45-33-27-22-23-28-34(33)46-43/h22-24,26-29,40,44H,6-21,25,30H2,1-5H3,(H,45,46). The predicted octanol–water partition coefficient (Wildman–Crippen LogP) is 10.7. The molecule has 1 atom stereocenters. The lowest BCUT2D eigenvalue weighted by atomic mass is 9.77. The van der Waals surface area contributed by atoms with Crippen molar-refractivity contribution in [2.45, 2.75) is 136 Å². The van der Waals surface area contributed by atoms with E-state index in [0.717, 1.165) is 46.6 Å². The van der Waals surface area contributed by atoms with Gasteiger partial charge in [-0.3, -0.25) is 0 Å². The van der Waals surface area contributed by atoms with Crippen molar-refractivity contribution in [2.75, 3.05) is 25.6 Å². The lowest BCUT2D eigenvalue weighted by molar-refractivity contribution is -0.139. The van der Waals surface area contributed by atoms with Gasteiger partial charge < -0.3 is 24.5 Å². The number of carbonyl (C=O) groups excluding carboxylic acids is 2. The lowest BCUT2D eigenvalue weighted by Crippen LogP contribution is -2.34. The van der Waals surface area contributed by atoms with Crippen LogP contribution in [0.2, 0.25) is 0 Å². The van der Waals surface area contributed by atoms with Crippen LogP contribution in [0.4, 0.5) is 0 Å². The van der Waals surface area contributed by atoms with Crippen LogP contribution in [0.1, 0.15) is 135 Å². The monoisotopic (exact) mass is 731 g/mol. The van der Waals surface area contributed by atoms with Crippen molar-refractivity contribution in [3.8, 4) is 5.75 Å². The van der Waals surface area contributed by atoms with Crippen LogP contribution in [0.3, 0.4) is 0 Å². The maximum absolute atomic E-state index is 14.1. The average Bonchev–Trinajstić information content (AvgIpc) is 3.56. The van der Waals surface area contributed by atoms with Gasteiger partial charge >= 0.3 is 11.9 Å². The van der Waals surface area contributed by atoms with Gasteiger partial charge in [0.05, 0.1) is 47.9 Å². The highest BCUT2D eigenvalue weighted by atomic mass is 32.2. The Morgan fingerprint density at radius 2 is 1.35 bits per heavy atom. The maximum atomic E-state index is 14.1. The normalized spacial score (nSPS) is 14.5. The van der Waals surface area contributed by atoms with Gasteiger partial charge in [0.2, 0.25) is 0 Å². The summed E-state index contributed by atoms with van der Waals surface area (Å²) < 4.78 is 17.6. The quantitative estimate of drug-likeness (QED) is 0.0533. The van der Waals surface area contributed by atoms with Crippen LogP contribution in [0.25, 0.3) is 11.0 Å². The van der Waals surface area contributed by atoms with Gasteiger partial charge in [-0.1, -0.05) is 120 Å². The summed E-state index contributed by atoms with van der Waals surface area (Å²) in [7, 11) is 0. The van der Waals surface area contributed by atoms with Crippen LogP contribution in [-0.2, 0) is 25.5 Å². The van der Waals surface area contributed by atoms with E-state index in [4.69, 9.17) is 19.2 Å². The summed E-state index contributed by atoms with van der Waals surface area (Å²) in [5.74, 6) is -0.579. The second-order valence-corrected chi connectivity index (χ2v) is 14.5. The lowest BCUT2D eigenvalue weighted by Gasteiger charge is -2.33. The van der Waals surface area contributed by atoms with Crippen LogP contribution in [0.5, 0.6) is 5.75 Å². The van der Waals surface area contributed by atoms with E-state index in [1.165, 1.54) is 82.4 Å². The number of thioether (sulfide) groups is 1. The molecule has 4 rings (SSSR count). The van der Waals surface area contributed by atoms with E-state index in [0.29, 0.717) is 40.6 Å². The molecule has 1 aliphatic rings. The smallest absolute Gasteiger partial charge is 0.336 e. The van der Waals surface area contributed by atoms with E-state index < -0.39 is 17.9 Å². The molecule has 1 aliphatic heterocycles. The van der Waals surface area contributed by atoms with Gasteiger partial charge in [0.25, 0.3) is 0 Å². The Bertz CT molecular complexity index is 1610. The summed E-state index contributed by atoms with van der Waals surface area (Å²) in [5.41, 5.74) is 5.86. The summed E-state index contributed by atoms with van der Waals surface area (Å²) in [6.45, 7) is 10.6. The van der Waals surface area contributed by atoms with Crippen LogP contribution in [-0.4, -0.2) is 47.5 Å². The van der Waals surface area contributed by atoms with Gasteiger partial charge in [0.1, 0.15) is 5.75 Å². The molecule has 1 unspecified atom stereocenters. The van der Waals surface area contributed by atoms with E-state index in [9.17, 15) is 9.59 Å². The molecule has 0 fully saturated rings. The fraction of sp³-hybridized carbons (Fsp3) is 0.558. The SMILES string of the molecule is CCCCCCCCCCCCCCCc1cccc(OCC)c1C1C(C(=O)OCC)=C(C)NC(CSc2nc3ccccc3[nH]2)=C1C(=O)OCC. The van der Waals surface area contributed by atoms with Gasteiger partial charge in [0, 0.05) is 22.7 Å². The van der Waals surface area contributed by atoms with Crippen molar-refractivity contribution in [3.63, 3.8) is 0 Å². The Morgan fingerprint density at radius 3 is 1.96 bits per heavy atom. The molecular weight excluding hydrogens is 671 g/mol. The fourth-order valence-electron chi connectivity index (χ4n) is 7.12. The molecule has 0 bridgehead atoms. The van der Waals surface area contributed by atoms with E-state index in [-0.39, 0.29) is 13.2 Å². The second-order valence-electron chi connectivity index (χ2n) is 13.5. The number of H-pyrrole nitrogens is 1. The number of allylic oxidation sites excluding steroid dienone is 1. The zero-order valence-electron chi connectivity index (χ0n) is 32.2. The molecule has 1 aromatic heterocycles. The average molecular weight is 732 g/mol. The number of aryl methyl sites for hydroxylation is 1. The predicted molar refractivity (Wildman–Crippen MR) is 213 cm³/mol. The Hall–Kier alpha value is -3.72. The molecule has 0 spiro atoms. The first-order valence-electron chi connectivity index (χ1n) is 19.8. The number of benzene rings is 2. The molecule has 0 saturated carbocycles. The van der Waals surface area contributed by atoms with Crippen molar-refractivity contribution in [1.82, 2.24) is 15.3 Å². The number of rotatable bonds is 24. The largest absolute Gasteiger partial charge is 0.494 e. The first-order valence-corrected chi connectivity index (χ1v) is 20.8. The third-order valence-corrected chi connectivity index (χ3v) is 10.6. The van der Waals surface area contributed by atoms with Crippen LogP contribution >= 0.6 is 11.8 Å². The van der Waals surface area contributed by atoms with Crippen LogP contribution in [0, 0.1) is 0 Å². The van der Waals surface area contributed by atoms with Gasteiger partial charge in [0.15, 0.2) is 5.16 Å². The molecule has 284 valence electrons. The maximum Gasteiger partial charge on any atom is 0.336 e. The molecule has 0 amide bonds. The van der Waals surface area contributed by atoms with E-state index in [2.05, 4.69) is 23.3 Å². The number of aromatic amines is 1. The molecule has 0 aliphatic carbocycles. The third kappa shape index (κ3) is 11.6. The zero-order valence-corrected chi connectivity index (χ0v) is 33.1. The number of dihydropyridines is 1. The summed E-state index contributed by atoms with van der Waals surface area (Å²) in [6, 6.07) is 14.0. The highest BCUT2D eigenvalue weighted by molar-refractivity contribution is 7.99. The molecular formula is C43H61N3O5S. The molecule has 2 heterocycles. The Kier molecular flexibility index (Phi) is 17.7. The summed E-state index contributed by atoms with van der Waals surface area (Å²) in [5, 5.41) is 4.16. The van der Waals surface area contributed by atoms with Crippen LogP contribution in [0.15, 0.2) is 70.2 Å². The Labute approximate surface area is 315 Å². The second kappa shape index (κ2) is 22.4. The Morgan fingerprint density at radius 1 is 0.731 bits per heavy atom. The van der Waals surface area contributed by atoms with Gasteiger partial charge in [-0.25, -0.2) is 14.6 Å². The number of hydrogen-bond acceptors (Lipinski definition) is 8. The van der Waals surface area contributed by atoms with Crippen molar-refractivity contribution >= 4 is 34.7 Å². The minimum atomic E-state index is -0.731. The number of unbranched alkanes of at least 4 members (excludes halogenated alkanes) is 12. The number of hydrogen-bond donors (Lipinski definition) is 2. The van der Waals surface area contributed by atoms with E-state index in [1.54, 1.807) is 13.8 Å². The van der Waals surface area contributed by atoms with Crippen molar-refractivity contribution in [2.24, 2.45) is 0 Å². The van der Waals surface area contributed by atoms with Crippen molar-refractivity contribution in [3.05, 3.63) is 76.1 Å². The van der Waals surface area contributed by atoms with Gasteiger partial charge in [-0.05, 0) is 64.3 Å². The number of carbonyl (C=O) groups is 2. The zero-order chi connectivity index (χ0) is 37.1. The first-order chi connectivity index (χ1) is 25.4. The molecule has 2 N–H and O–H groups in total. The fourth-order valence-corrected chi connectivity index (χ4v) is 7.97. The first kappa shape index (κ1) is 41.0. The third-order valence-electron chi connectivity index (χ3n) is 9.65. The Balaban J connectivity index is 1.59. The number of para-hydroxylation sites is 2. The molecule has 0 radical (unpaired) electrons. The summed E-state index contributed by atoms with van der Waals surface area (Å²) >= 11 is 1.50. The summed E-state index contributed by atoms with van der Waals surface area (Å²) in [6.07, 6.45) is 17.6. The number of esters is 2. The highest BCUT2D eigenvalue weighted by Gasteiger charge is 2.41. The van der Waals surface area contributed by atoms with E-state index >= 15 is 0 Å². The van der Waals surface area contributed by atoms with E-state index in [1.807, 2.05) is 50.2 Å². The number of aromatic nitrogens is 2. The van der Waals surface area contributed by atoms with Crippen LogP contribution < -0.4 is 10.1 Å². The van der Waals surface area contributed by atoms with Gasteiger partial charge in [-0.15, -0.1) is 0 Å². The molecule has 9 heteroatoms. The minimum Gasteiger partial charge on any atom is -0.494 e. The number of fused-ring (bicyclic) bond motifs is 1. The van der Waals surface area contributed by atoms with Crippen molar-refractivity contribution < 1.29 is 23.8 Å². The molecule has 2 aromatic carbocycles. The van der Waals surface area contributed by atoms with Gasteiger partial charge in [-0.2, -0.15) is 0 Å². The molecule has 3 aromatic rings. The van der Waals surface area contributed by atoms with Crippen molar-refractivity contribution in [1.29, 1.82) is 0 Å². The molecule has 52 heavy (non-hydrogen) atoms. The number of ether oxygens (including phenoxy) is 3. The minimum absolute atomic E-state index is 0.204. The highest BCUT2D eigenvalue weighted by Crippen LogP contribution is 2.45.